The van der Waals surface area contributed by atoms with Gasteiger partial charge in [0.15, 0.2) is 0 Å². The lowest BCUT2D eigenvalue weighted by Crippen LogP contribution is -2.30. The molecule has 0 radical (unpaired) electrons. The van der Waals surface area contributed by atoms with Crippen molar-refractivity contribution in [2.24, 2.45) is 0 Å². The minimum Gasteiger partial charge on any atom is -0.376 e. The van der Waals surface area contributed by atoms with Crippen molar-refractivity contribution in [3.63, 3.8) is 0 Å². The number of hydrogen-bond acceptors (Lipinski definition) is 4. The molecule has 1 aromatic heterocycles. The van der Waals surface area contributed by atoms with Crippen molar-refractivity contribution in [3.05, 3.63) is 107 Å². The van der Waals surface area contributed by atoms with E-state index < -0.39 is 0 Å². The van der Waals surface area contributed by atoms with Crippen molar-refractivity contribution in [1.82, 2.24) is 4.98 Å². The predicted molar refractivity (Wildman–Crippen MR) is 150 cm³/mol. The fourth-order valence-corrected chi connectivity index (χ4v) is 4.97. The number of nitrogens with zero attached hydrogens (tertiary/aromatic N) is 3. The maximum Gasteiger partial charge on any atom is 0.256 e. The largest absolute Gasteiger partial charge is 0.376 e. The quantitative estimate of drug-likeness (QED) is 0.353. The zero-order valence-electron chi connectivity index (χ0n) is 20.7. The third-order valence-electron chi connectivity index (χ3n) is 6.49. The molecule has 0 spiro atoms. The van der Waals surface area contributed by atoms with Crippen molar-refractivity contribution < 1.29 is 9.59 Å². The van der Waals surface area contributed by atoms with Crippen molar-refractivity contribution in [3.8, 4) is 11.1 Å². The van der Waals surface area contributed by atoms with E-state index in [0.29, 0.717) is 22.8 Å². The van der Waals surface area contributed by atoms with Crippen LogP contribution in [0.5, 0.6) is 0 Å². The lowest BCUT2D eigenvalue weighted by atomic mass is 9.98. The summed E-state index contributed by atoms with van der Waals surface area (Å²) in [4.78, 5) is 34.4. The number of nitrogens with one attached hydrogen (secondary N) is 1. The number of carbonyl (C=O) groups is 2. The molecule has 7 heteroatoms. The lowest BCUT2D eigenvalue weighted by Gasteiger charge is -2.19. The average Bonchev–Trinajstić information content (AvgIpc) is 3.33. The number of hydrogen-bond donors (Lipinski definition) is 1. The number of amides is 2. The van der Waals surface area contributed by atoms with Gasteiger partial charge in [0.25, 0.3) is 5.91 Å². The SMILES string of the molecule is CN(C)c1cc(-c2ccccc2)c(C(=O)Nc2ccc3c(c2)CCN3C(=O)Cc2ccccn2)cc1Cl. The van der Waals surface area contributed by atoms with Gasteiger partial charge in [-0.05, 0) is 65.6 Å². The number of rotatable bonds is 6. The summed E-state index contributed by atoms with van der Waals surface area (Å²) in [6, 6.07) is 24.7. The Labute approximate surface area is 221 Å². The van der Waals surface area contributed by atoms with Gasteiger partial charge in [0.2, 0.25) is 5.91 Å². The molecule has 2 heterocycles. The Bertz CT molecular complexity index is 1460. The van der Waals surface area contributed by atoms with Gasteiger partial charge in [0.05, 0.1) is 17.1 Å². The average molecular weight is 511 g/mol. The predicted octanol–water partition coefficient (Wildman–Crippen LogP) is 5.85. The summed E-state index contributed by atoms with van der Waals surface area (Å²) in [6.45, 7) is 0.609. The van der Waals surface area contributed by atoms with Gasteiger partial charge < -0.3 is 15.1 Å². The fraction of sp³-hybridized carbons (Fsp3) is 0.167. The topological polar surface area (TPSA) is 65.5 Å². The van der Waals surface area contributed by atoms with E-state index in [1.807, 2.05) is 91.8 Å². The molecule has 3 aromatic carbocycles. The lowest BCUT2D eigenvalue weighted by molar-refractivity contribution is -0.117. The molecule has 6 nitrogen and oxygen atoms in total. The summed E-state index contributed by atoms with van der Waals surface area (Å²) < 4.78 is 0. The van der Waals surface area contributed by atoms with Crippen LogP contribution in [0.25, 0.3) is 11.1 Å². The van der Waals surface area contributed by atoms with Crippen LogP contribution in [0.15, 0.2) is 85.1 Å². The summed E-state index contributed by atoms with van der Waals surface area (Å²) in [5.74, 6) is -0.232. The van der Waals surface area contributed by atoms with E-state index in [9.17, 15) is 9.59 Å². The van der Waals surface area contributed by atoms with E-state index in [4.69, 9.17) is 11.6 Å². The smallest absolute Gasteiger partial charge is 0.256 e. The molecular formula is C30H27ClN4O2. The normalized spacial score (nSPS) is 12.2. The number of fused-ring (bicyclic) bond motifs is 1. The van der Waals surface area contributed by atoms with Crippen LogP contribution >= 0.6 is 11.6 Å². The number of aromatic nitrogens is 1. The molecule has 1 N–H and O–H groups in total. The Morgan fingerprint density at radius 3 is 2.51 bits per heavy atom. The van der Waals surface area contributed by atoms with Gasteiger partial charge >= 0.3 is 0 Å². The molecule has 186 valence electrons. The summed E-state index contributed by atoms with van der Waals surface area (Å²) in [6.07, 6.45) is 2.68. The first-order valence-electron chi connectivity index (χ1n) is 12.1. The second-order valence-electron chi connectivity index (χ2n) is 9.20. The minimum absolute atomic E-state index is 0.0114. The second-order valence-corrected chi connectivity index (χ2v) is 9.61. The van der Waals surface area contributed by atoms with Crippen LogP contribution in [0.1, 0.15) is 21.6 Å². The molecule has 0 saturated heterocycles. The molecule has 0 fully saturated rings. The zero-order valence-corrected chi connectivity index (χ0v) is 21.5. The van der Waals surface area contributed by atoms with Crippen molar-refractivity contribution >= 4 is 40.5 Å². The minimum atomic E-state index is -0.243. The van der Waals surface area contributed by atoms with E-state index in [1.54, 1.807) is 17.2 Å². The zero-order chi connectivity index (χ0) is 25.9. The first kappa shape index (κ1) is 24.5. The van der Waals surface area contributed by atoms with Gasteiger partial charge in [-0.1, -0.05) is 48.0 Å². The number of halogens is 1. The van der Waals surface area contributed by atoms with Crippen molar-refractivity contribution in [2.45, 2.75) is 12.8 Å². The van der Waals surface area contributed by atoms with Gasteiger partial charge in [0.1, 0.15) is 0 Å². The highest BCUT2D eigenvalue weighted by Crippen LogP contribution is 2.35. The summed E-state index contributed by atoms with van der Waals surface area (Å²) in [5, 5.41) is 3.54. The third-order valence-corrected chi connectivity index (χ3v) is 6.79. The molecule has 0 unspecified atom stereocenters. The van der Waals surface area contributed by atoms with Gasteiger partial charge in [0, 0.05) is 49.5 Å². The number of carbonyl (C=O) groups excluding carboxylic acids is 2. The van der Waals surface area contributed by atoms with Crippen molar-refractivity contribution in [1.29, 1.82) is 0 Å². The van der Waals surface area contributed by atoms with E-state index in [1.165, 1.54) is 0 Å². The van der Waals surface area contributed by atoms with Crippen LogP contribution in [0.2, 0.25) is 5.02 Å². The molecule has 37 heavy (non-hydrogen) atoms. The maximum atomic E-state index is 13.5. The molecule has 1 aliphatic heterocycles. The van der Waals surface area contributed by atoms with Crippen LogP contribution < -0.4 is 15.1 Å². The second kappa shape index (κ2) is 10.4. The molecular weight excluding hydrogens is 484 g/mol. The van der Waals surface area contributed by atoms with E-state index >= 15 is 0 Å². The highest BCUT2D eigenvalue weighted by atomic mass is 35.5. The van der Waals surface area contributed by atoms with E-state index in [2.05, 4.69) is 10.3 Å². The van der Waals surface area contributed by atoms with E-state index in [0.717, 1.165) is 40.2 Å². The fourth-order valence-electron chi connectivity index (χ4n) is 4.64. The summed E-state index contributed by atoms with van der Waals surface area (Å²) in [7, 11) is 3.84. The molecule has 0 saturated carbocycles. The third kappa shape index (κ3) is 5.20. The van der Waals surface area contributed by atoms with Crippen LogP contribution in [0, 0.1) is 0 Å². The maximum absolute atomic E-state index is 13.5. The molecule has 0 atom stereocenters. The Morgan fingerprint density at radius 2 is 1.78 bits per heavy atom. The Kier molecular flexibility index (Phi) is 6.93. The molecule has 4 aromatic rings. The van der Waals surface area contributed by atoms with Crippen LogP contribution in [-0.2, 0) is 17.6 Å². The van der Waals surface area contributed by atoms with Crippen LogP contribution in [-0.4, -0.2) is 37.4 Å². The number of anilines is 3. The summed E-state index contributed by atoms with van der Waals surface area (Å²) in [5.41, 5.74) is 6.40. The van der Waals surface area contributed by atoms with Crippen LogP contribution in [0.3, 0.4) is 0 Å². The molecule has 0 aliphatic carbocycles. The summed E-state index contributed by atoms with van der Waals surface area (Å²) >= 11 is 6.55. The molecule has 5 rings (SSSR count). The van der Waals surface area contributed by atoms with Gasteiger partial charge in [-0.3, -0.25) is 14.6 Å². The Hall–Kier alpha value is -4.16. The standard InChI is InChI=1S/C30H27ClN4O2/c1-34(2)28-19-24(20-8-4-3-5-9-20)25(18-26(28)31)30(37)33-23-11-12-27-21(16-23)13-15-35(27)29(36)17-22-10-6-7-14-32-22/h3-12,14,16,18-19H,13,15,17H2,1-2H3,(H,33,37). The monoisotopic (exact) mass is 510 g/mol. The van der Waals surface area contributed by atoms with E-state index in [-0.39, 0.29) is 18.2 Å². The molecule has 1 aliphatic rings. The van der Waals surface area contributed by atoms with Gasteiger partial charge in [-0.15, -0.1) is 0 Å². The van der Waals surface area contributed by atoms with Crippen LogP contribution in [0.4, 0.5) is 17.1 Å². The molecule has 2 amide bonds. The molecule has 0 bridgehead atoms. The van der Waals surface area contributed by atoms with Crippen molar-refractivity contribution in [2.75, 3.05) is 35.8 Å². The Balaban J connectivity index is 1.39. The Morgan fingerprint density at radius 1 is 1.00 bits per heavy atom. The number of benzene rings is 3. The first-order chi connectivity index (χ1) is 17.9. The highest BCUT2D eigenvalue weighted by molar-refractivity contribution is 6.34. The number of pyridine rings is 1. The van der Waals surface area contributed by atoms with Gasteiger partial charge in [-0.2, -0.15) is 0 Å². The highest BCUT2D eigenvalue weighted by Gasteiger charge is 2.25. The van der Waals surface area contributed by atoms with Gasteiger partial charge in [-0.25, -0.2) is 0 Å². The first-order valence-corrected chi connectivity index (χ1v) is 12.5.